The summed E-state index contributed by atoms with van der Waals surface area (Å²) in [4.78, 5) is 4.10. The van der Waals surface area contributed by atoms with Crippen LogP contribution in [0.15, 0.2) is 0 Å². The van der Waals surface area contributed by atoms with Gasteiger partial charge in [-0.05, 0) is 13.8 Å². The van der Waals surface area contributed by atoms with E-state index in [4.69, 9.17) is 10.2 Å². The van der Waals surface area contributed by atoms with E-state index in [-0.39, 0.29) is 13.2 Å². The van der Waals surface area contributed by atoms with Crippen molar-refractivity contribution in [1.82, 2.24) is 15.2 Å². The normalized spacial score (nSPS) is 10.6. The second kappa shape index (κ2) is 4.83. The maximum Gasteiger partial charge on any atom is 0.243 e. The van der Waals surface area contributed by atoms with Crippen LogP contribution in [0.25, 0.3) is 0 Å². The zero-order valence-corrected chi connectivity index (χ0v) is 8.23. The Morgan fingerprint density at radius 3 is 2.29 bits per heavy atom. The van der Waals surface area contributed by atoms with Gasteiger partial charge >= 0.3 is 0 Å². The molecule has 0 aliphatic rings. The number of aliphatic hydroxyl groups is 2. The van der Waals surface area contributed by atoms with E-state index in [9.17, 15) is 0 Å². The summed E-state index contributed by atoms with van der Waals surface area (Å²) in [7, 11) is 0. The number of aliphatic hydroxyl groups excluding tert-OH is 2. The molecule has 0 aliphatic heterocycles. The lowest BCUT2D eigenvalue weighted by Gasteiger charge is -2.12. The van der Waals surface area contributed by atoms with Crippen LogP contribution < -0.4 is 5.32 Å². The molecule has 0 atom stereocenters. The van der Waals surface area contributed by atoms with Crippen molar-refractivity contribution in [1.29, 1.82) is 0 Å². The molecule has 78 valence electrons. The van der Waals surface area contributed by atoms with Gasteiger partial charge < -0.3 is 15.5 Å². The first-order valence-electron chi connectivity index (χ1n) is 4.33. The van der Waals surface area contributed by atoms with Crippen LogP contribution in [0.3, 0.4) is 0 Å². The number of nitrogens with one attached hydrogen (secondary N) is 1. The third-order valence-corrected chi connectivity index (χ3v) is 1.87. The predicted octanol–water partition coefficient (Wildman–Crippen LogP) is -0.746. The van der Waals surface area contributed by atoms with Crippen LogP contribution in [0, 0.1) is 13.8 Å². The number of nitrogens with zero attached hydrogens (tertiary/aromatic N) is 3. The Morgan fingerprint density at radius 1 is 1.14 bits per heavy atom. The quantitative estimate of drug-likeness (QED) is 0.590. The Kier molecular flexibility index (Phi) is 3.73. The van der Waals surface area contributed by atoms with Crippen molar-refractivity contribution in [2.75, 3.05) is 18.5 Å². The van der Waals surface area contributed by atoms with E-state index in [1.54, 1.807) is 0 Å². The van der Waals surface area contributed by atoms with Crippen molar-refractivity contribution in [3.63, 3.8) is 0 Å². The minimum atomic E-state index is -0.445. The van der Waals surface area contributed by atoms with E-state index in [0.717, 1.165) is 11.4 Å². The number of aryl methyl sites for hydroxylation is 2. The second-order valence-electron chi connectivity index (χ2n) is 3.01. The first-order valence-corrected chi connectivity index (χ1v) is 4.33. The summed E-state index contributed by atoms with van der Waals surface area (Å²) in [5, 5.41) is 28.0. The minimum Gasteiger partial charge on any atom is -0.394 e. The summed E-state index contributed by atoms with van der Waals surface area (Å²) in [6.07, 6.45) is 0. The number of rotatable bonds is 4. The van der Waals surface area contributed by atoms with Crippen molar-refractivity contribution in [2.24, 2.45) is 0 Å². The van der Waals surface area contributed by atoms with E-state index < -0.39 is 6.04 Å². The van der Waals surface area contributed by atoms with Gasteiger partial charge in [0.15, 0.2) is 0 Å². The van der Waals surface area contributed by atoms with Crippen molar-refractivity contribution < 1.29 is 10.2 Å². The molecule has 0 saturated carbocycles. The van der Waals surface area contributed by atoms with Crippen molar-refractivity contribution in [3.05, 3.63) is 11.4 Å². The topological polar surface area (TPSA) is 91.2 Å². The van der Waals surface area contributed by atoms with Crippen molar-refractivity contribution >= 4 is 5.95 Å². The summed E-state index contributed by atoms with van der Waals surface area (Å²) >= 11 is 0. The molecule has 0 saturated heterocycles. The molecule has 1 aromatic rings. The zero-order chi connectivity index (χ0) is 10.6. The molecule has 6 nitrogen and oxygen atoms in total. The highest BCUT2D eigenvalue weighted by Crippen LogP contribution is 2.03. The third-order valence-electron chi connectivity index (χ3n) is 1.87. The Bertz CT molecular complexity index is 301. The molecule has 0 amide bonds. The van der Waals surface area contributed by atoms with E-state index in [0.29, 0.717) is 5.95 Å². The lowest BCUT2D eigenvalue weighted by Crippen LogP contribution is -2.29. The smallest absolute Gasteiger partial charge is 0.243 e. The van der Waals surface area contributed by atoms with Gasteiger partial charge in [-0.2, -0.15) is 5.10 Å². The summed E-state index contributed by atoms with van der Waals surface area (Å²) in [6.45, 7) is 3.29. The Hall–Kier alpha value is -1.27. The van der Waals surface area contributed by atoms with Crippen molar-refractivity contribution in [3.8, 4) is 0 Å². The molecule has 6 heteroatoms. The predicted molar refractivity (Wildman–Crippen MR) is 50.9 cm³/mol. The van der Waals surface area contributed by atoms with Crippen LogP contribution in [0.5, 0.6) is 0 Å². The average Bonchev–Trinajstić information content (AvgIpc) is 2.19. The third kappa shape index (κ3) is 2.61. The zero-order valence-electron chi connectivity index (χ0n) is 8.23. The summed E-state index contributed by atoms with van der Waals surface area (Å²) in [5.74, 6) is 0.321. The highest BCUT2D eigenvalue weighted by atomic mass is 16.3. The van der Waals surface area contributed by atoms with Gasteiger partial charge in [-0.15, -0.1) is 5.10 Å². The van der Waals surface area contributed by atoms with Crippen LogP contribution in [0.2, 0.25) is 0 Å². The summed E-state index contributed by atoms with van der Waals surface area (Å²) in [5.41, 5.74) is 1.54. The maximum atomic E-state index is 8.81. The molecule has 1 aromatic heterocycles. The standard InChI is InChI=1S/C8H14N4O2/c1-5-6(2)11-12-8(9-5)10-7(3-13)4-14/h7,13-14H,3-4H2,1-2H3,(H,9,10,12). The maximum absolute atomic E-state index is 8.81. The lowest BCUT2D eigenvalue weighted by atomic mass is 10.3. The molecule has 0 bridgehead atoms. The van der Waals surface area contributed by atoms with Crippen LogP contribution in [0.1, 0.15) is 11.4 Å². The highest BCUT2D eigenvalue weighted by molar-refractivity contribution is 5.26. The highest BCUT2D eigenvalue weighted by Gasteiger charge is 2.08. The largest absolute Gasteiger partial charge is 0.394 e. The molecule has 3 N–H and O–H groups in total. The fraction of sp³-hybridized carbons (Fsp3) is 0.625. The molecule has 0 unspecified atom stereocenters. The molecule has 0 radical (unpaired) electrons. The van der Waals surface area contributed by atoms with Gasteiger partial charge in [0, 0.05) is 0 Å². The van der Waals surface area contributed by atoms with Crippen LogP contribution >= 0.6 is 0 Å². The van der Waals surface area contributed by atoms with Crippen molar-refractivity contribution in [2.45, 2.75) is 19.9 Å². The minimum absolute atomic E-state index is 0.174. The fourth-order valence-corrected chi connectivity index (χ4v) is 0.850. The van der Waals surface area contributed by atoms with Gasteiger partial charge in [-0.3, -0.25) is 0 Å². The van der Waals surface area contributed by atoms with Gasteiger partial charge in [0.2, 0.25) is 5.95 Å². The molecule has 0 spiro atoms. The Morgan fingerprint density at radius 2 is 1.79 bits per heavy atom. The Labute approximate surface area is 82.0 Å². The molecular formula is C8H14N4O2. The van der Waals surface area contributed by atoms with Gasteiger partial charge in [-0.25, -0.2) is 4.98 Å². The average molecular weight is 198 g/mol. The SMILES string of the molecule is Cc1nnc(NC(CO)CO)nc1C. The molecule has 0 aromatic carbocycles. The fourth-order valence-electron chi connectivity index (χ4n) is 0.850. The number of anilines is 1. The second-order valence-corrected chi connectivity index (χ2v) is 3.01. The molecule has 1 heterocycles. The lowest BCUT2D eigenvalue weighted by molar-refractivity contribution is 0.203. The summed E-state index contributed by atoms with van der Waals surface area (Å²) in [6, 6.07) is -0.445. The van der Waals surface area contributed by atoms with Gasteiger partial charge in [0.1, 0.15) is 0 Å². The number of hydrogen-bond donors (Lipinski definition) is 3. The van der Waals surface area contributed by atoms with E-state index in [1.165, 1.54) is 0 Å². The number of hydrogen-bond acceptors (Lipinski definition) is 6. The van der Waals surface area contributed by atoms with E-state index in [1.807, 2.05) is 13.8 Å². The Balaban J connectivity index is 2.72. The van der Waals surface area contributed by atoms with Crippen LogP contribution in [-0.4, -0.2) is 44.7 Å². The molecule has 0 fully saturated rings. The molecule has 14 heavy (non-hydrogen) atoms. The van der Waals surface area contributed by atoms with Crippen LogP contribution in [-0.2, 0) is 0 Å². The molecular weight excluding hydrogens is 184 g/mol. The first kappa shape index (κ1) is 10.8. The number of aromatic nitrogens is 3. The molecule has 0 aliphatic carbocycles. The van der Waals surface area contributed by atoms with E-state index in [2.05, 4.69) is 20.5 Å². The monoisotopic (exact) mass is 198 g/mol. The molecule has 1 rings (SSSR count). The first-order chi connectivity index (χ1) is 6.67. The summed E-state index contributed by atoms with van der Waals surface area (Å²) < 4.78 is 0. The van der Waals surface area contributed by atoms with E-state index >= 15 is 0 Å². The van der Waals surface area contributed by atoms with Crippen LogP contribution in [0.4, 0.5) is 5.95 Å². The van der Waals surface area contributed by atoms with Gasteiger partial charge in [0.25, 0.3) is 0 Å². The van der Waals surface area contributed by atoms with Gasteiger partial charge in [-0.1, -0.05) is 0 Å². The van der Waals surface area contributed by atoms with Gasteiger partial charge in [0.05, 0.1) is 30.6 Å².